The third-order valence-electron chi connectivity index (χ3n) is 3.23. The normalized spacial score (nSPS) is 30.5. The van der Waals surface area contributed by atoms with Crippen LogP contribution in [0.3, 0.4) is 0 Å². The largest absolute Gasteiger partial charge is 0.317 e. The van der Waals surface area contributed by atoms with Crippen molar-refractivity contribution in [1.82, 2.24) is 5.32 Å². The van der Waals surface area contributed by atoms with E-state index in [2.05, 4.69) is 19.2 Å². The van der Waals surface area contributed by atoms with Crippen molar-refractivity contribution >= 4 is 0 Å². The molecule has 1 aliphatic rings. The number of nitrogens with one attached hydrogen (secondary N) is 1. The quantitative estimate of drug-likeness (QED) is 0.682. The predicted octanol–water partition coefficient (Wildman–Crippen LogP) is 2.81. The molecule has 1 heteroatoms. The van der Waals surface area contributed by atoms with Gasteiger partial charge in [-0.05, 0) is 37.8 Å². The van der Waals surface area contributed by atoms with E-state index in [0.717, 1.165) is 18.4 Å². The molecule has 0 aromatic heterocycles. The molecule has 0 radical (unpaired) electrons. The van der Waals surface area contributed by atoms with Gasteiger partial charge in [-0.3, -0.25) is 0 Å². The van der Waals surface area contributed by atoms with Crippen LogP contribution in [0.1, 0.15) is 46.0 Å². The summed E-state index contributed by atoms with van der Waals surface area (Å²) in [7, 11) is 0. The van der Waals surface area contributed by atoms with Gasteiger partial charge in [0.25, 0.3) is 0 Å². The molecular weight excluding hydrogens is 146 g/mol. The van der Waals surface area contributed by atoms with Crippen LogP contribution in [0.15, 0.2) is 0 Å². The zero-order chi connectivity index (χ0) is 8.81. The number of rotatable bonds is 4. The molecule has 72 valence electrons. The molecule has 1 N–H and O–H groups in total. The molecule has 0 unspecified atom stereocenters. The summed E-state index contributed by atoms with van der Waals surface area (Å²) >= 11 is 0. The maximum absolute atomic E-state index is 3.45. The van der Waals surface area contributed by atoms with Crippen molar-refractivity contribution in [1.29, 1.82) is 0 Å². The van der Waals surface area contributed by atoms with Gasteiger partial charge in [0.1, 0.15) is 0 Å². The summed E-state index contributed by atoms with van der Waals surface area (Å²) in [6.45, 7) is 6.91. The average Bonchev–Trinajstić information content (AvgIpc) is 2.15. The van der Waals surface area contributed by atoms with E-state index in [0.29, 0.717) is 0 Å². The highest BCUT2D eigenvalue weighted by Crippen LogP contribution is 2.29. The Morgan fingerprint density at radius 3 is 2.08 bits per heavy atom. The first-order chi connectivity index (χ1) is 5.86. The summed E-state index contributed by atoms with van der Waals surface area (Å²) in [6.07, 6.45) is 7.28. The van der Waals surface area contributed by atoms with E-state index in [-0.39, 0.29) is 0 Å². The van der Waals surface area contributed by atoms with Crippen molar-refractivity contribution in [2.24, 2.45) is 11.8 Å². The van der Waals surface area contributed by atoms with Crippen LogP contribution in [-0.4, -0.2) is 13.1 Å². The van der Waals surface area contributed by atoms with Gasteiger partial charge in [0, 0.05) is 0 Å². The maximum Gasteiger partial charge on any atom is -0.00206 e. The van der Waals surface area contributed by atoms with Gasteiger partial charge in [-0.2, -0.15) is 0 Å². The molecule has 0 aromatic carbocycles. The summed E-state index contributed by atoms with van der Waals surface area (Å²) in [4.78, 5) is 0. The standard InChI is InChI=1S/C11H23N/c1-3-10-5-7-11(8-6-10)9-12-4-2/h10-12H,3-9H2,1-2H3/t10-,11-. The van der Waals surface area contributed by atoms with Gasteiger partial charge in [-0.15, -0.1) is 0 Å². The van der Waals surface area contributed by atoms with Crippen molar-refractivity contribution in [2.75, 3.05) is 13.1 Å². The van der Waals surface area contributed by atoms with Crippen molar-refractivity contribution < 1.29 is 0 Å². The lowest BCUT2D eigenvalue weighted by Gasteiger charge is -2.27. The Balaban J connectivity index is 2.09. The molecule has 1 nitrogen and oxygen atoms in total. The van der Waals surface area contributed by atoms with E-state index in [4.69, 9.17) is 0 Å². The van der Waals surface area contributed by atoms with E-state index >= 15 is 0 Å². The molecule has 0 aliphatic heterocycles. The second-order valence-corrected chi connectivity index (χ2v) is 4.10. The Morgan fingerprint density at radius 2 is 1.58 bits per heavy atom. The molecule has 0 aromatic rings. The highest BCUT2D eigenvalue weighted by atomic mass is 14.8. The van der Waals surface area contributed by atoms with Gasteiger partial charge >= 0.3 is 0 Å². The molecule has 1 rings (SSSR count). The van der Waals surface area contributed by atoms with Crippen molar-refractivity contribution in [3.8, 4) is 0 Å². The Morgan fingerprint density at radius 1 is 1.00 bits per heavy atom. The lowest BCUT2D eigenvalue weighted by molar-refractivity contribution is 0.264. The topological polar surface area (TPSA) is 12.0 Å². The fourth-order valence-electron chi connectivity index (χ4n) is 2.19. The minimum atomic E-state index is 0.979. The van der Waals surface area contributed by atoms with Gasteiger partial charge in [-0.1, -0.05) is 33.1 Å². The van der Waals surface area contributed by atoms with Crippen LogP contribution in [0.5, 0.6) is 0 Å². The van der Waals surface area contributed by atoms with Crippen LogP contribution < -0.4 is 5.32 Å². The van der Waals surface area contributed by atoms with Gasteiger partial charge in [0.05, 0.1) is 0 Å². The second-order valence-electron chi connectivity index (χ2n) is 4.10. The van der Waals surface area contributed by atoms with Crippen LogP contribution in [0.25, 0.3) is 0 Å². The third kappa shape index (κ3) is 3.14. The molecular formula is C11H23N. The Bertz CT molecular complexity index is 104. The van der Waals surface area contributed by atoms with Crippen LogP contribution in [0.4, 0.5) is 0 Å². The molecule has 12 heavy (non-hydrogen) atoms. The summed E-state index contributed by atoms with van der Waals surface area (Å²) in [6, 6.07) is 0. The Kier molecular flexibility index (Phi) is 4.67. The molecule has 0 bridgehead atoms. The SMILES string of the molecule is CCNC[C@H]1CC[C@H](CC)CC1. The zero-order valence-corrected chi connectivity index (χ0v) is 8.60. The summed E-state index contributed by atoms with van der Waals surface area (Å²) in [5.74, 6) is 2.02. The average molecular weight is 169 g/mol. The monoisotopic (exact) mass is 169 g/mol. The van der Waals surface area contributed by atoms with Crippen LogP contribution in [0.2, 0.25) is 0 Å². The van der Waals surface area contributed by atoms with Gasteiger partial charge < -0.3 is 5.32 Å². The molecule has 0 spiro atoms. The van der Waals surface area contributed by atoms with Gasteiger partial charge in [0.2, 0.25) is 0 Å². The molecule has 0 saturated heterocycles. The van der Waals surface area contributed by atoms with E-state index in [1.165, 1.54) is 38.6 Å². The summed E-state index contributed by atoms with van der Waals surface area (Å²) in [5.41, 5.74) is 0. The first kappa shape index (κ1) is 10.0. The van der Waals surface area contributed by atoms with Crippen LogP contribution >= 0.6 is 0 Å². The van der Waals surface area contributed by atoms with Crippen molar-refractivity contribution in [3.63, 3.8) is 0 Å². The lowest BCUT2D eigenvalue weighted by atomic mass is 9.81. The van der Waals surface area contributed by atoms with Crippen molar-refractivity contribution in [3.05, 3.63) is 0 Å². The van der Waals surface area contributed by atoms with E-state index in [9.17, 15) is 0 Å². The van der Waals surface area contributed by atoms with Crippen LogP contribution in [-0.2, 0) is 0 Å². The molecule has 1 aliphatic carbocycles. The molecule has 0 amide bonds. The smallest absolute Gasteiger partial charge is 0.00206 e. The molecule has 0 atom stereocenters. The molecule has 1 fully saturated rings. The fourth-order valence-corrected chi connectivity index (χ4v) is 2.19. The second kappa shape index (κ2) is 5.58. The lowest BCUT2D eigenvalue weighted by Crippen LogP contribution is -2.26. The van der Waals surface area contributed by atoms with Crippen LogP contribution in [0, 0.1) is 11.8 Å². The first-order valence-corrected chi connectivity index (χ1v) is 5.57. The summed E-state index contributed by atoms with van der Waals surface area (Å²) < 4.78 is 0. The summed E-state index contributed by atoms with van der Waals surface area (Å²) in [5, 5.41) is 3.45. The number of hydrogen-bond donors (Lipinski definition) is 1. The molecule has 1 saturated carbocycles. The Labute approximate surface area is 76.9 Å². The Hall–Kier alpha value is -0.0400. The number of hydrogen-bond acceptors (Lipinski definition) is 1. The van der Waals surface area contributed by atoms with Gasteiger partial charge in [0.15, 0.2) is 0 Å². The highest BCUT2D eigenvalue weighted by molar-refractivity contribution is 4.72. The minimum Gasteiger partial charge on any atom is -0.317 e. The van der Waals surface area contributed by atoms with E-state index in [1.807, 2.05) is 0 Å². The van der Waals surface area contributed by atoms with E-state index < -0.39 is 0 Å². The minimum absolute atomic E-state index is 0.979. The molecule has 0 heterocycles. The predicted molar refractivity (Wildman–Crippen MR) is 54.3 cm³/mol. The van der Waals surface area contributed by atoms with E-state index in [1.54, 1.807) is 0 Å². The van der Waals surface area contributed by atoms with Gasteiger partial charge in [-0.25, -0.2) is 0 Å². The maximum atomic E-state index is 3.45. The van der Waals surface area contributed by atoms with Crippen molar-refractivity contribution in [2.45, 2.75) is 46.0 Å². The first-order valence-electron chi connectivity index (χ1n) is 5.57. The third-order valence-corrected chi connectivity index (χ3v) is 3.23. The zero-order valence-electron chi connectivity index (χ0n) is 8.60. The fraction of sp³-hybridized carbons (Fsp3) is 1.00. The highest BCUT2D eigenvalue weighted by Gasteiger charge is 2.18.